The second kappa shape index (κ2) is 4.12. The van der Waals surface area contributed by atoms with Crippen LogP contribution in [0.15, 0.2) is 18.2 Å². The molecule has 0 aliphatic carbocycles. The van der Waals surface area contributed by atoms with E-state index >= 15 is 0 Å². The Balaban J connectivity index is 2.64. The van der Waals surface area contributed by atoms with Gasteiger partial charge in [0.2, 0.25) is 0 Å². The van der Waals surface area contributed by atoms with Crippen molar-refractivity contribution in [1.82, 2.24) is 0 Å². The van der Waals surface area contributed by atoms with Gasteiger partial charge in [0.1, 0.15) is 5.82 Å². The molecule has 0 saturated heterocycles. The van der Waals surface area contributed by atoms with Crippen LogP contribution in [0.25, 0.3) is 10.1 Å². The Morgan fingerprint density at radius 1 is 1.29 bits per heavy atom. The van der Waals surface area contributed by atoms with E-state index in [1.165, 1.54) is 0 Å². The zero-order valence-electron chi connectivity index (χ0n) is 8.05. The number of benzene rings is 1. The zero-order valence-corrected chi connectivity index (χ0v) is 9.63. The molecule has 1 unspecified atom stereocenters. The summed E-state index contributed by atoms with van der Waals surface area (Å²) < 4.78 is 50.9. The fourth-order valence-electron chi connectivity index (χ4n) is 1.41. The lowest BCUT2D eigenvalue weighted by Gasteiger charge is -2.05. The number of rotatable bonds is 1. The Morgan fingerprint density at radius 3 is 2.47 bits per heavy atom. The quantitative estimate of drug-likeness (QED) is 0.612. The predicted octanol–water partition coefficient (Wildman–Crippen LogP) is 4.29. The first-order valence-corrected chi connectivity index (χ1v) is 5.67. The van der Waals surface area contributed by atoms with Gasteiger partial charge in [0.15, 0.2) is 5.56 Å². The summed E-state index contributed by atoms with van der Waals surface area (Å²) in [4.78, 5) is -0.180. The standard InChI is InChI=1S/C10H5ClF4OS/c11-9(16)8-7(12)5-2-1-4(10(13,14)15)3-6(5)17-8/h1-3,9,16H. The van der Waals surface area contributed by atoms with Crippen LogP contribution in [-0.4, -0.2) is 5.11 Å². The van der Waals surface area contributed by atoms with E-state index in [9.17, 15) is 17.6 Å². The van der Waals surface area contributed by atoms with Crippen LogP contribution in [0.3, 0.4) is 0 Å². The third-order valence-corrected chi connectivity index (χ3v) is 3.73. The summed E-state index contributed by atoms with van der Waals surface area (Å²) in [6.45, 7) is 0. The molecule has 1 aromatic carbocycles. The van der Waals surface area contributed by atoms with E-state index < -0.39 is 23.1 Å². The van der Waals surface area contributed by atoms with Crippen LogP contribution in [0.1, 0.15) is 16.0 Å². The lowest BCUT2D eigenvalue weighted by molar-refractivity contribution is -0.137. The van der Waals surface area contributed by atoms with Crippen molar-refractivity contribution in [2.75, 3.05) is 0 Å². The molecule has 0 amide bonds. The van der Waals surface area contributed by atoms with E-state index in [4.69, 9.17) is 16.7 Å². The number of thiophene rings is 1. The molecule has 7 heteroatoms. The minimum absolute atomic E-state index is 0.0256. The van der Waals surface area contributed by atoms with Crippen molar-refractivity contribution >= 4 is 33.0 Å². The molecule has 1 atom stereocenters. The summed E-state index contributed by atoms with van der Waals surface area (Å²) in [5.74, 6) is -0.777. The first kappa shape index (κ1) is 12.6. The summed E-state index contributed by atoms with van der Waals surface area (Å²) in [5.41, 5.74) is -2.41. The Bertz CT molecular complexity index is 561. The van der Waals surface area contributed by atoms with Crippen molar-refractivity contribution in [3.05, 3.63) is 34.5 Å². The van der Waals surface area contributed by atoms with Crippen LogP contribution in [0.2, 0.25) is 0 Å². The molecule has 0 aliphatic heterocycles. The maximum Gasteiger partial charge on any atom is 0.416 e. The number of fused-ring (bicyclic) bond motifs is 1. The van der Waals surface area contributed by atoms with Crippen LogP contribution in [0.5, 0.6) is 0 Å². The summed E-state index contributed by atoms with van der Waals surface area (Å²) >= 11 is 6.02. The monoisotopic (exact) mass is 284 g/mol. The van der Waals surface area contributed by atoms with Gasteiger partial charge < -0.3 is 5.11 Å². The third kappa shape index (κ3) is 2.25. The second-order valence-corrected chi connectivity index (χ2v) is 4.82. The third-order valence-electron chi connectivity index (χ3n) is 2.20. The van der Waals surface area contributed by atoms with E-state index in [0.29, 0.717) is 11.3 Å². The number of aliphatic hydroxyl groups excluding tert-OH is 1. The molecule has 0 fully saturated rings. The summed E-state index contributed by atoms with van der Waals surface area (Å²) in [6, 6.07) is 2.67. The molecule has 0 radical (unpaired) electrons. The van der Waals surface area contributed by atoms with Crippen molar-refractivity contribution in [1.29, 1.82) is 0 Å². The van der Waals surface area contributed by atoms with E-state index in [1.54, 1.807) is 0 Å². The van der Waals surface area contributed by atoms with Crippen molar-refractivity contribution in [3.8, 4) is 0 Å². The first-order valence-electron chi connectivity index (χ1n) is 4.42. The smallest absolute Gasteiger partial charge is 0.372 e. The molecule has 92 valence electrons. The maximum atomic E-state index is 13.6. The number of hydrogen-bond acceptors (Lipinski definition) is 2. The van der Waals surface area contributed by atoms with Gasteiger partial charge in [-0.1, -0.05) is 11.6 Å². The molecule has 1 aromatic heterocycles. The molecule has 2 rings (SSSR count). The van der Waals surface area contributed by atoms with Gasteiger partial charge in [0, 0.05) is 10.1 Å². The van der Waals surface area contributed by atoms with Gasteiger partial charge in [-0.3, -0.25) is 0 Å². The largest absolute Gasteiger partial charge is 0.416 e. The molecular weight excluding hydrogens is 280 g/mol. The van der Waals surface area contributed by atoms with Gasteiger partial charge in [-0.15, -0.1) is 11.3 Å². The van der Waals surface area contributed by atoms with Gasteiger partial charge in [-0.2, -0.15) is 13.2 Å². The van der Waals surface area contributed by atoms with E-state index in [2.05, 4.69) is 0 Å². The molecular formula is C10H5ClF4OS. The normalized spacial score (nSPS) is 14.2. The molecule has 1 heterocycles. The molecule has 1 N–H and O–H groups in total. The van der Waals surface area contributed by atoms with Gasteiger partial charge in [-0.25, -0.2) is 4.39 Å². The predicted molar refractivity (Wildman–Crippen MR) is 57.6 cm³/mol. The minimum Gasteiger partial charge on any atom is -0.372 e. The van der Waals surface area contributed by atoms with Crippen molar-refractivity contribution in [2.45, 2.75) is 11.7 Å². The minimum atomic E-state index is -4.48. The molecule has 1 nitrogen and oxygen atoms in total. The number of alkyl halides is 4. The molecule has 0 saturated carbocycles. The van der Waals surface area contributed by atoms with Gasteiger partial charge >= 0.3 is 6.18 Å². The highest BCUT2D eigenvalue weighted by molar-refractivity contribution is 7.19. The number of halogens is 5. The summed E-state index contributed by atoms with van der Waals surface area (Å²) in [5, 5.41) is 9.07. The van der Waals surface area contributed by atoms with Gasteiger partial charge in [0.05, 0.1) is 10.4 Å². The second-order valence-electron chi connectivity index (χ2n) is 3.32. The van der Waals surface area contributed by atoms with Crippen molar-refractivity contribution in [3.63, 3.8) is 0 Å². The SMILES string of the molecule is OC(Cl)c1sc2cc(C(F)(F)F)ccc2c1F. The molecule has 0 bridgehead atoms. The van der Waals surface area contributed by atoms with Crippen molar-refractivity contribution in [2.24, 2.45) is 0 Å². The Hall–Kier alpha value is -0.850. The zero-order chi connectivity index (χ0) is 12.8. The lowest BCUT2D eigenvalue weighted by Crippen LogP contribution is -2.03. The number of aliphatic hydroxyl groups is 1. The molecule has 17 heavy (non-hydrogen) atoms. The van der Waals surface area contributed by atoms with Crippen LogP contribution in [0.4, 0.5) is 17.6 Å². The maximum absolute atomic E-state index is 13.6. The van der Waals surface area contributed by atoms with E-state index in [-0.39, 0.29) is 15.0 Å². The van der Waals surface area contributed by atoms with Crippen LogP contribution >= 0.6 is 22.9 Å². The van der Waals surface area contributed by atoms with Gasteiger partial charge in [-0.05, 0) is 18.2 Å². The van der Waals surface area contributed by atoms with Crippen LogP contribution < -0.4 is 0 Å². The lowest BCUT2D eigenvalue weighted by atomic mass is 10.1. The summed E-state index contributed by atoms with van der Waals surface area (Å²) in [6.07, 6.45) is -4.48. The molecule has 0 spiro atoms. The average Bonchev–Trinajstić information content (AvgIpc) is 2.54. The Morgan fingerprint density at radius 2 is 1.94 bits per heavy atom. The van der Waals surface area contributed by atoms with Crippen molar-refractivity contribution < 1.29 is 22.7 Å². The van der Waals surface area contributed by atoms with E-state index in [1.807, 2.05) is 0 Å². The molecule has 0 aliphatic rings. The van der Waals surface area contributed by atoms with Gasteiger partial charge in [0.25, 0.3) is 0 Å². The Labute approximate surface area is 102 Å². The Kier molecular flexibility index (Phi) is 3.05. The van der Waals surface area contributed by atoms with Crippen LogP contribution in [0, 0.1) is 5.82 Å². The topological polar surface area (TPSA) is 20.2 Å². The highest BCUT2D eigenvalue weighted by atomic mass is 35.5. The fraction of sp³-hybridized carbons (Fsp3) is 0.200. The highest BCUT2D eigenvalue weighted by Crippen LogP contribution is 2.38. The summed E-state index contributed by atoms with van der Waals surface area (Å²) in [7, 11) is 0. The number of hydrogen-bond donors (Lipinski definition) is 1. The highest BCUT2D eigenvalue weighted by Gasteiger charge is 2.31. The first-order chi connectivity index (χ1) is 7.80. The van der Waals surface area contributed by atoms with Crippen LogP contribution in [-0.2, 0) is 6.18 Å². The average molecular weight is 285 g/mol. The van der Waals surface area contributed by atoms with E-state index in [0.717, 1.165) is 18.2 Å². The molecule has 2 aromatic rings. The fourth-order valence-corrected chi connectivity index (χ4v) is 2.63.